The van der Waals surface area contributed by atoms with Gasteiger partial charge in [0.05, 0.1) is 16.8 Å². The lowest BCUT2D eigenvalue weighted by molar-refractivity contribution is 0.0218. The van der Waals surface area contributed by atoms with Crippen LogP contribution >= 0.6 is 0 Å². The van der Waals surface area contributed by atoms with E-state index in [2.05, 4.69) is 9.97 Å². The third-order valence-electron chi connectivity index (χ3n) is 7.62. The van der Waals surface area contributed by atoms with Crippen LogP contribution in [-0.2, 0) is 4.74 Å². The zero-order valence-electron chi connectivity index (χ0n) is 26.1. The molecule has 4 heterocycles. The van der Waals surface area contributed by atoms with Crippen molar-refractivity contribution in [3.63, 3.8) is 0 Å². The summed E-state index contributed by atoms with van der Waals surface area (Å²) < 4.78 is 23.0. The third-order valence-corrected chi connectivity index (χ3v) is 7.62. The fourth-order valence-corrected chi connectivity index (χ4v) is 5.58. The molecule has 1 atom stereocenters. The van der Waals surface area contributed by atoms with Crippen molar-refractivity contribution >= 4 is 29.2 Å². The molecule has 0 unspecified atom stereocenters. The molecule has 11 heteroatoms. The van der Waals surface area contributed by atoms with Crippen molar-refractivity contribution in [3.8, 4) is 16.9 Å². The van der Waals surface area contributed by atoms with Crippen molar-refractivity contribution < 1.29 is 18.7 Å². The Labute approximate surface area is 255 Å². The van der Waals surface area contributed by atoms with Gasteiger partial charge in [-0.15, -0.1) is 0 Å². The Morgan fingerprint density at radius 2 is 1.86 bits per heavy atom. The molecule has 0 aliphatic carbocycles. The number of aromatic nitrogens is 4. The van der Waals surface area contributed by atoms with E-state index in [0.717, 1.165) is 5.56 Å². The smallest absolute Gasteiger partial charge is 0.410 e. The number of pyridine rings is 2. The van der Waals surface area contributed by atoms with Gasteiger partial charge in [0.15, 0.2) is 11.9 Å². The molecule has 10 nitrogen and oxygen atoms in total. The number of nitrogens with zero attached hydrogens (tertiary/aromatic N) is 6. The van der Waals surface area contributed by atoms with E-state index in [1.807, 2.05) is 53.4 Å². The normalized spacial score (nSPS) is 15.6. The second-order valence-electron chi connectivity index (χ2n) is 12.4. The zero-order valence-corrected chi connectivity index (χ0v) is 26.1. The van der Waals surface area contributed by atoms with E-state index in [9.17, 15) is 14.4 Å². The molecular weight excluding hydrogens is 563 g/mol. The van der Waals surface area contributed by atoms with Crippen molar-refractivity contribution in [2.24, 2.45) is 0 Å². The van der Waals surface area contributed by atoms with Gasteiger partial charge in [-0.3, -0.25) is 9.78 Å². The first kappa shape index (κ1) is 30.8. The summed E-state index contributed by atoms with van der Waals surface area (Å²) in [6, 6.07) is 9.46. The fourth-order valence-electron chi connectivity index (χ4n) is 5.58. The molecule has 3 aromatic heterocycles. The zero-order chi connectivity index (χ0) is 31.9. The second-order valence-corrected chi connectivity index (χ2v) is 12.4. The Bertz CT molecular complexity index is 1810. The van der Waals surface area contributed by atoms with E-state index in [1.165, 1.54) is 10.6 Å². The molecule has 44 heavy (non-hydrogen) atoms. The number of carbonyl (C=O) groups is 2. The highest BCUT2D eigenvalue weighted by Gasteiger charge is 2.33. The summed E-state index contributed by atoms with van der Waals surface area (Å²) in [5, 5.41) is 0.324. The molecule has 1 aromatic carbocycles. The summed E-state index contributed by atoms with van der Waals surface area (Å²) in [6.07, 6.45) is 1.92. The lowest BCUT2D eigenvalue weighted by Gasteiger charge is -2.41. The predicted octanol–water partition coefficient (Wildman–Crippen LogP) is 5.67. The van der Waals surface area contributed by atoms with Crippen molar-refractivity contribution in [2.45, 2.75) is 66.0 Å². The van der Waals surface area contributed by atoms with Crippen molar-refractivity contribution in [1.82, 2.24) is 24.4 Å². The molecule has 0 radical (unpaired) electrons. The number of carbonyl (C=O) groups excluding carboxylic acids is 2. The van der Waals surface area contributed by atoms with E-state index in [4.69, 9.17) is 9.72 Å². The number of benzene rings is 1. The maximum atomic E-state index is 16.0. The van der Waals surface area contributed by atoms with Gasteiger partial charge >= 0.3 is 11.8 Å². The number of aryl methyl sites for hydroxylation is 1. The fraction of sp³-hybridized carbons (Fsp3) is 0.394. The molecule has 0 saturated carbocycles. The van der Waals surface area contributed by atoms with Crippen molar-refractivity contribution in [2.75, 3.05) is 24.5 Å². The molecule has 0 N–H and O–H groups in total. The number of halogens is 1. The Morgan fingerprint density at radius 3 is 2.52 bits per heavy atom. The molecule has 0 spiro atoms. The minimum Gasteiger partial charge on any atom is -0.444 e. The van der Waals surface area contributed by atoms with Gasteiger partial charge in [0.1, 0.15) is 22.9 Å². The van der Waals surface area contributed by atoms with Crippen LogP contribution < -0.4 is 10.6 Å². The van der Waals surface area contributed by atoms with E-state index < -0.39 is 23.2 Å². The molecule has 1 aliphatic heterocycles. The lowest BCUT2D eigenvalue weighted by Crippen LogP contribution is -2.55. The summed E-state index contributed by atoms with van der Waals surface area (Å²) in [5.41, 5.74) is 1.47. The summed E-state index contributed by atoms with van der Waals surface area (Å²) in [6.45, 7) is 14.2. The summed E-state index contributed by atoms with van der Waals surface area (Å²) in [5.74, 6) is -0.429. The first-order chi connectivity index (χ1) is 20.8. The molecule has 230 valence electrons. The molecule has 1 aliphatic rings. The highest BCUT2D eigenvalue weighted by molar-refractivity contribution is 5.93. The number of hydrogen-bond donors (Lipinski definition) is 0. The summed E-state index contributed by atoms with van der Waals surface area (Å²) in [4.78, 5) is 56.0. The topological polar surface area (TPSA) is 111 Å². The maximum absolute atomic E-state index is 16.0. The van der Waals surface area contributed by atoms with Crippen LogP contribution in [0.3, 0.4) is 0 Å². The highest BCUT2D eigenvalue weighted by Crippen LogP contribution is 2.34. The Hall–Kier alpha value is -4.67. The maximum Gasteiger partial charge on any atom is 0.410 e. The first-order valence-electron chi connectivity index (χ1n) is 14.7. The Kier molecular flexibility index (Phi) is 8.24. The average Bonchev–Trinajstić information content (AvgIpc) is 2.96. The number of aldehydes is 1. The molecule has 5 rings (SSSR count). The monoisotopic (exact) mass is 600 g/mol. The van der Waals surface area contributed by atoms with E-state index in [1.54, 1.807) is 41.4 Å². The van der Waals surface area contributed by atoms with Gasteiger partial charge in [-0.25, -0.2) is 23.5 Å². The molecule has 0 bridgehead atoms. The highest BCUT2D eigenvalue weighted by atomic mass is 19.1. The van der Waals surface area contributed by atoms with Crippen LogP contribution in [0.2, 0.25) is 0 Å². The van der Waals surface area contributed by atoms with Crippen molar-refractivity contribution in [1.29, 1.82) is 0 Å². The molecule has 1 saturated heterocycles. The second kappa shape index (κ2) is 11.8. The van der Waals surface area contributed by atoms with E-state index in [-0.39, 0.29) is 34.7 Å². The molecular formula is C33H37FN6O4. The number of amides is 1. The predicted molar refractivity (Wildman–Crippen MR) is 167 cm³/mol. The summed E-state index contributed by atoms with van der Waals surface area (Å²) >= 11 is 0. The van der Waals surface area contributed by atoms with Crippen LogP contribution in [0, 0.1) is 12.7 Å². The van der Waals surface area contributed by atoms with Gasteiger partial charge in [0.25, 0.3) is 0 Å². The minimum absolute atomic E-state index is 0.0387. The number of fused-ring (bicyclic) bond motifs is 1. The van der Waals surface area contributed by atoms with E-state index >= 15 is 4.39 Å². The van der Waals surface area contributed by atoms with Crippen LogP contribution in [0.15, 0.2) is 47.4 Å². The molecule has 1 fully saturated rings. The van der Waals surface area contributed by atoms with Crippen LogP contribution in [-0.4, -0.2) is 68.1 Å². The SMILES string of the molecule is Cc1ccnc(C(C)C)c1-n1c(=O)nc(N2CCN(C(=O)OC(C)(C)C)C[C@@H]2C)c2cc(F)c(-c3ccccc3C=O)nc21. The number of anilines is 1. The number of hydrogen-bond acceptors (Lipinski definition) is 8. The van der Waals surface area contributed by atoms with Gasteiger partial charge in [0, 0.05) is 43.0 Å². The van der Waals surface area contributed by atoms with E-state index in [0.29, 0.717) is 48.3 Å². The number of ether oxygens (including phenoxy) is 1. The van der Waals surface area contributed by atoms with Crippen LogP contribution in [0.5, 0.6) is 0 Å². The summed E-state index contributed by atoms with van der Waals surface area (Å²) in [7, 11) is 0. The Balaban J connectivity index is 1.74. The molecule has 4 aromatic rings. The minimum atomic E-state index is -0.660. The first-order valence-corrected chi connectivity index (χ1v) is 14.7. The third kappa shape index (κ3) is 5.78. The van der Waals surface area contributed by atoms with Crippen LogP contribution in [0.4, 0.5) is 15.0 Å². The largest absolute Gasteiger partial charge is 0.444 e. The van der Waals surface area contributed by atoms with Gasteiger partial charge < -0.3 is 14.5 Å². The van der Waals surface area contributed by atoms with Gasteiger partial charge in [0.2, 0.25) is 0 Å². The lowest BCUT2D eigenvalue weighted by atomic mass is 10.0. The van der Waals surface area contributed by atoms with Gasteiger partial charge in [-0.05, 0) is 58.2 Å². The van der Waals surface area contributed by atoms with Gasteiger partial charge in [-0.1, -0.05) is 38.1 Å². The number of piperazine rings is 1. The van der Waals surface area contributed by atoms with Crippen LogP contribution in [0.25, 0.3) is 28.0 Å². The Morgan fingerprint density at radius 1 is 1.14 bits per heavy atom. The average molecular weight is 601 g/mol. The quantitative estimate of drug-likeness (QED) is 0.270. The molecule has 1 amide bonds. The van der Waals surface area contributed by atoms with Crippen LogP contribution in [0.1, 0.15) is 69.1 Å². The van der Waals surface area contributed by atoms with Crippen molar-refractivity contribution in [3.05, 3.63) is 75.7 Å². The standard InChI is InChI=1S/C33H37FN6O4/c1-19(2)26-28(20(3)12-13-35-26)40-30-24(16-25(34)27(36-30)23-11-9-8-10-22(23)18-41)29(37-31(40)42)39-15-14-38(17-21(39)4)32(43)44-33(5,6)7/h8-13,16,18-19,21H,14-15,17H2,1-7H3/t21-/m0/s1. The van der Waals surface area contributed by atoms with Gasteiger partial charge in [-0.2, -0.15) is 4.98 Å². The number of rotatable bonds is 5.